The van der Waals surface area contributed by atoms with Crippen LogP contribution in [0.25, 0.3) is 0 Å². The third-order valence-corrected chi connectivity index (χ3v) is 2.66. The molecule has 1 fully saturated rings. The molecule has 17 heavy (non-hydrogen) atoms. The van der Waals surface area contributed by atoms with E-state index in [0.29, 0.717) is 11.9 Å². The SMILES string of the molecule is COc1ccc(OC)c(C(=NC2CC2)NN)c1. The van der Waals surface area contributed by atoms with Crippen molar-refractivity contribution >= 4 is 5.84 Å². The summed E-state index contributed by atoms with van der Waals surface area (Å²) >= 11 is 0. The molecule has 1 aliphatic rings. The van der Waals surface area contributed by atoms with Crippen molar-refractivity contribution in [1.29, 1.82) is 0 Å². The number of hydrogen-bond acceptors (Lipinski definition) is 4. The Morgan fingerprint density at radius 1 is 1.35 bits per heavy atom. The minimum absolute atomic E-state index is 0.386. The van der Waals surface area contributed by atoms with Crippen LogP contribution >= 0.6 is 0 Å². The van der Waals surface area contributed by atoms with Gasteiger partial charge in [-0.1, -0.05) is 0 Å². The smallest absolute Gasteiger partial charge is 0.146 e. The Morgan fingerprint density at radius 2 is 2.12 bits per heavy atom. The zero-order valence-corrected chi connectivity index (χ0v) is 10.1. The van der Waals surface area contributed by atoms with Crippen LogP contribution in [-0.2, 0) is 0 Å². The number of hydrazine groups is 1. The first-order valence-corrected chi connectivity index (χ1v) is 5.55. The lowest BCUT2D eigenvalue weighted by Crippen LogP contribution is -2.31. The largest absolute Gasteiger partial charge is 0.497 e. The molecule has 0 unspecified atom stereocenters. The minimum atomic E-state index is 0.386. The van der Waals surface area contributed by atoms with Gasteiger partial charge in [-0.15, -0.1) is 0 Å². The number of nitrogens with one attached hydrogen (secondary N) is 1. The number of hydrogen-bond donors (Lipinski definition) is 2. The fourth-order valence-electron chi connectivity index (χ4n) is 1.57. The van der Waals surface area contributed by atoms with E-state index in [0.717, 1.165) is 29.9 Å². The van der Waals surface area contributed by atoms with Gasteiger partial charge in [0.2, 0.25) is 0 Å². The molecule has 0 saturated heterocycles. The van der Waals surface area contributed by atoms with E-state index in [4.69, 9.17) is 15.3 Å². The van der Waals surface area contributed by atoms with Crippen molar-refractivity contribution in [3.8, 4) is 11.5 Å². The zero-order chi connectivity index (χ0) is 12.3. The average Bonchev–Trinajstić information content (AvgIpc) is 3.19. The van der Waals surface area contributed by atoms with E-state index in [2.05, 4.69) is 10.4 Å². The molecule has 0 amide bonds. The molecule has 92 valence electrons. The summed E-state index contributed by atoms with van der Waals surface area (Å²) < 4.78 is 10.5. The van der Waals surface area contributed by atoms with Crippen LogP contribution in [0.4, 0.5) is 0 Å². The summed E-state index contributed by atoms with van der Waals surface area (Å²) in [5.74, 6) is 7.64. The predicted molar refractivity (Wildman–Crippen MR) is 66.4 cm³/mol. The molecule has 0 heterocycles. The molecule has 5 heteroatoms. The van der Waals surface area contributed by atoms with Crippen molar-refractivity contribution < 1.29 is 9.47 Å². The zero-order valence-electron chi connectivity index (χ0n) is 10.1. The quantitative estimate of drug-likeness (QED) is 0.354. The van der Waals surface area contributed by atoms with E-state index in [-0.39, 0.29) is 0 Å². The van der Waals surface area contributed by atoms with Gasteiger partial charge in [0, 0.05) is 0 Å². The number of nitrogens with zero attached hydrogens (tertiary/aromatic N) is 1. The van der Waals surface area contributed by atoms with Gasteiger partial charge < -0.3 is 14.9 Å². The van der Waals surface area contributed by atoms with Gasteiger partial charge in [0.25, 0.3) is 0 Å². The molecule has 1 aromatic carbocycles. The molecule has 2 rings (SSSR count). The summed E-state index contributed by atoms with van der Waals surface area (Å²) in [6.45, 7) is 0. The minimum Gasteiger partial charge on any atom is -0.497 e. The first-order chi connectivity index (χ1) is 8.28. The number of methoxy groups -OCH3 is 2. The lowest BCUT2D eigenvalue weighted by molar-refractivity contribution is 0.402. The fraction of sp³-hybridized carbons (Fsp3) is 0.417. The highest BCUT2D eigenvalue weighted by atomic mass is 16.5. The fourth-order valence-corrected chi connectivity index (χ4v) is 1.57. The summed E-state index contributed by atoms with van der Waals surface area (Å²) in [5.41, 5.74) is 3.45. The number of benzene rings is 1. The van der Waals surface area contributed by atoms with E-state index in [9.17, 15) is 0 Å². The summed E-state index contributed by atoms with van der Waals surface area (Å²) in [5, 5.41) is 0. The van der Waals surface area contributed by atoms with Crippen LogP contribution in [0.5, 0.6) is 11.5 Å². The number of aliphatic imine (C=N–C) groups is 1. The maximum atomic E-state index is 5.52. The van der Waals surface area contributed by atoms with E-state index in [1.165, 1.54) is 0 Å². The first kappa shape index (κ1) is 11.7. The van der Waals surface area contributed by atoms with Gasteiger partial charge in [0.1, 0.15) is 17.3 Å². The Balaban J connectivity index is 2.38. The van der Waals surface area contributed by atoms with E-state index in [1.807, 2.05) is 18.2 Å². The molecule has 0 aromatic heterocycles. The van der Waals surface area contributed by atoms with Crippen LogP contribution in [0.1, 0.15) is 18.4 Å². The molecule has 0 bridgehead atoms. The second kappa shape index (κ2) is 5.05. The highest BCUT2D eigenvalue weighted by Gasteiger charge is 2.22. The monoisotopic (exact) mass is 235 g/mol. The molecular formula is C12H17N3O2. The number of ether oxygens (including phenoxy) is 2. The highest BCUT2D eigenvalue weighted by molar-refractivity contribution is 6.01. The van der Waals surface area contributed by atoms with Crippen molar-refractivity contribution in [2.45, 2.75) is 18.9 Å². The van der Waals surface area contributed by atoms with Gasteiger partial charge in [-0.2, -0.15) is 0 Å². The van der Waals surface area contributed by atoms with Gasteiger partial charge in [-0.05, 0) is 31.0 Å². The van der Waals surface area contributed by atoms with Crippen LogP contribution in [-0.4, -0.2) is 26.1 Å². The molecule has 0 spiro atoms. The topological polar surface area (TPSA) is 68.9 Å². The molecule has 5 nitrogen and oxygen atoms in total. The van der Waals surface area contributed by atoms with Gasteiger partial charge in [0.15, 0.2) is 0 Å². The van der Waals surface area contributed by atoms with Crippen molar-refractivity contribution in [3.63, 3.8) is 0 Å². The van der Waals surface area contributed by atoms with Crippen LogP contribution in [0.2, 0.25) is 0 Å². The summed E-state index contributed by atoms with van der Waals surface area (Å²) in [7, 11) is 3.25. The lowest BCUT2D eigenvalue weighted by atomic mass is 10.1. The Morgan fingerprint density at radius 3 is 2.65 bits per heavy atom. The maximum absolute atomic E-state index is 5.52. The number of nitrogens with two attached hydrogens (primary N) is 1. The third kappa shape index (κ3) is 2.68. The second-order valence-electron chi connectivity index (χ2n) is 3.92. The van der Waals surface area contributed by atoms with Gasteiger partial charge >= 0.3 is 0 Å². The summed E-state index contributed by atoms with van der Waals surface area (Å²) in [4.78, 5) is 4.51. The molecule has 1 aliphatic carbocycles. The van der Waals surface area contributed by atoms with Crippen LogP contribution in [0, 0.1) is 0 Å². The third-order valence-electron chi connectivity index (χ3n) is 2.66. The maximum Gasteiger partial charge on any atom is 0.146 e. The van der Waals surface area contributed by atoms with E-state index >= 15 is 0 Å². The van der Waals surface area contributed by atoms with Gasteiger partial charge in [0.05, 0.1) is 25.8 Å². The van der Waals surface area contributed by atoms with Gasteiger partial charge in [-0.25, -0.2) is 5.84 Å². The standard InChI is InChI=1S/C12H17N3O2/c1-16-9-5-6-11(17-2)10(7-9)12(15-13)14-8-3-4-8/h5-8H,3-4,13H2,1-2H3,(H,14,15). The van der Waals surface area contributed by atoms with Crippen LogP contribution in [0.15, 0.2) is 23.2 Å². The van der Waals surface area contributed by atoms with Crippen molar-refractivity contribution in [2.75, 3.05) is 14.2 Å². The first-order valence-electron chi connectivity index (χ1n) is 5.55. The van der Waals surface area contributed by atoms with Crippen molar-refractivity contribution in [1.82, 2.24) is 5.43 Å². The molecule has 1 aromatic rings. The van der Waals surface area contributed by atoms with Gasteiger partial charge in [-0.3, -0.25) is 4.99 Å². The van der Waals surface area contributed by atoms with Crippen molar-refractivity contribution in [2.24, 2.45) is 10.8 Å². The van der Waals surface area contributed by atoms with Crippen LogP contribution < -0.4 is 20.7 Å². The molecule has 3 N–H and O–H groups in total. The normalized spacial score (nSPS) is 15.6. The van der Waals surface area contributed by atoms with Crippen molar-refractivity contribution in [3.05, 3.63) is 23.8 Å². The van der Waals surface area contributed by atoms with E-state index in [1.54, 1.807) is 14.2 Å². The molecule has 0 aliphatic heterocycles. The Bertz CT molecular complexity index is 428. The predicted octanol–water partition coefficient (Wildman–Crippen LogP) is 1.08. The summed E-state index contributed by atoms with van der Waals surface area (Å²) in [6.07, 6.45) is 2.24. The molecule has 0 atom stereocenters. The summed E-state index contributed by atoms with van der Waals surface area (Å²) in [6, 6.07) is 5.93. The van der Waals surface area contributed by atoms with E-state index < -0.39 is 0 Å². The molecule has 1 saturated carbocycles. The number of amidine groups is 1. The average molecular weight is 235 g/mol. The molecule has 0 radical (unpaired) electrons. The van der Waals surface area contributed by atoms with Crippen LogP contribution in [0.3, 0.4) is 0 Å². The lowest BCUT2D eigenvalue weighted by Gasteiger charge is -2.12. The second-order valence-corrected chi connectivity index (χ2v) is 3.92. The Hall–Kier alpha value is -1.75. The molecular weight excluding hydrogens is 218 g/mol. The Labute approximate surface area is 101 Å². The Kier molecular flexibility index (Phi) is 3.49. The highest BCUT2D eigenvalue weighted by Crippen LogP contribution is 2.27. The number of rotatable bonds is 4.